The first kappa shape index (κ1) is 13.7. The third kappa shape index (κ3) is 2.48. The lowest BCUT2D eigenvalue weighted by molar-refractivity contribution is 0.218. The molecule has 2 aromatic heterocycles. The number of fused-ring (bicyclic) bond motifs is 1. The van der Waals surface area contributed by atoms with Crippen LogP contribution in [0.4, 0.5) is 4.79 Å². The molecule has 0 bridgehead atoms. The predicted molar refractivity (Wildman–Crippen MR) is 90.8 cm³/mol. The Bertz CT molecular complexity index is 884. The third-order valence-electron chi connectivity index (χ3n) is 3.87. The number of benzene rings is 1. The van der Waals surface area contributed by atoms with E-state index in [1.54, 1.807) is 11.3 Å². The molecular formula is C16H15N3OS2. The molecule has 112 valence electrons. The van der Waals surface area contributed by atoms with Gasteiger partial charge < -0.3 is 4.90 Å². The zero-order valence-electron chi connectivity index (χ0n) is 11.9. The molecule has 0 saturated carbocycles. The number of carbonyl (C=O) groups is 1. The number of thiophene rings is 1. The Morgan fingerprint density at radius 2 is 1.95 bits per heavy atom. The first-order valence-electron chi connectivity index (χ1n) is 7.29. The van der Waals surface area contributed by atoms with Gasteiger partial charge in [-0.05, 0) is 47.9 Å². The number of hydrogen-bond acceptors (Lipinski definition) is 3. The van der Waals surface area contributed by atoms with Crippen LogP contribution in [0.1, 0.15) is 12.8 Å². The Labute approximate surface area is 136 Å². The maximum atomic E-state index is 12.2. The van der Waals surface area contributed by atoms with E-state index in [4.69, 9.17) is 0 Å². The molecule has 3 aromatic rings. The Balaban J connectivity index is 1.73. The van der Waals surface area contributed by atoms with Gasteiger partial charge in [0.15, 0.2) is 4.80 Å². The third-order valence-corrected chi connectivity index (χ3v) is 5.53. The fourth-order valence-corrected chi connectivity index (χ4v) is 4.20. The summed E-state index contributed by atoms with van der Waals surface area (Å²) in [5.74, 6) is 0. The molecule has 0 radical (unpaired) electrons. The van der Waals surface area contributed by atoms with Crippen LogP contribution in [-0.2, 0) is 0 Å². The largest absolute Gasteiger partial charge is 0.346 e. The molecule has 0 spiro atoms. The van der Waals surface area contributed by atoms with Gasteiger partial charge in [0.1, 0.15) is 0 Å². The predicted octanol–water partition coefficient (Wildman–Crippen LogP) is 3.87. The molecule has 0 N–H and O–H groups in total. The molecule has 0 atom stereocenters. The molecule has 1 aromatic carbocycles. The molecule has 2 amide bonds. The quantitative estimate of drug-likeness (QED) is 0.668. The minimum Gasteiger partial charge on any atom is -0.323 e. The van der Waals surface area contributed by atoms with Gasteiger partial charge in [-0.1, -0.05) is 0 Å². The maximum absolute atomic E-state index is 12.2. The monoisotopic (exact) mass is 329 g/mol. The molecule has 1 aliphatic rings. The molecule has 3 heterocycles. The molecule has 1 saturated heterocycles. The van der Waals surface area contributed by atoms with E-state index < -0.39 is 0 Å². The summed E-state index contributed by atoms with van der Waals surface area (Å²) in [5.41, 5.74) is 1.04. The van der Waals surface area contributed by atoms with Gasteiger partial charge in [-0.25, -0.2) is 4.79 Å². The van der Waals surface area contributed by atoms with Crippen LogP contribution in [0.2, 0.25) is 0 Å². The summed E-state index contributed by atoms with van der Waals surface area (Å²) in [6, 6.07) is 8.32. The molecular weight excluding hydrogens is 314 g/mol. The lowest BCUT2D eigenvalue weighted by Crippen LogP contribution is -2.27. The van der Waals surface area contributed by atoms with Gasteiger partial charge in [-0.2, -0.15) is 4.99 Å². The minimum absolute atomic E-state index is 0.120. The molecule has 4 rings (SSSR count). The standard InChI is InChI=1S/C16H15N3OS2/c20-15(18-6-1-2-7-18)17-16-19(8-10-22-16)13-3-4-14-12(11-13)5-9-21-14/h3-5,8-11H,1-2,6-7H2/b17-16-. The average molecular weight is 329 g/mol. The Morgan fingerprint density at radius 3 is 2.82 bits per heavy atom. The Hall–Kier alpha value is -1.92. The van der Waals surface area contributed by atoms with Crippen LogP contribution < -0.4 is 4.80 Å². The smallest absolute Gasteiger partial charge is 0.323 e. The van der Waals surface area contributed by atoms with E-state index in [1.165, 1.54) is 21.4 Å². The molecule has 22 heavy (non-hydrogen) atoms. The first-order valence-corrected chi connectivity index (χ1v) is 9.05. The molecule has 6 heteroatoms. The Kier molecular flexibility index (Phi) is 3.56. The highest BCUT2D eigenvalue weighted by Crippen LogP contribution is 2.23. The van der Waals surface area contributed by atoms with Crippen LogP contribution in [0.3, 0.4) is 0 Å². The van der Waals surface area contributed by atoms with Crippen LogP contribution in [0.5, 0.6) is 0 Å². The molecule has 1 fully saturated rings. The van der Waals surface area contributed by atoms with Crippen LogP contribution in [0, 0.1) is 0 Å². The van der Waals surface area contributed by atoms with Crippen molar-refractivity contribution in [2.75, 3.05) is 13.1 Å². The highest BCUT2D eigenvalue weighted by Gasteiger charge is 2.17. The van der Waals surface area contributed by atoms with Crippen molar-refractivity contribution in [3.05, 3.63) is 46.0 Å². The number of urea groups is 1. The van der Waals surface area contributed by atoms with Crippen molar-refractivity contribution in [3.8, 4) is 5.69 Å². The molecule has 0 aliphatic carbocycles. The van der Waals surface area contributed by atoms with Crippen LogP contribution in [-0.4, -0.2) is 28.6 Å². The van der Waals surface area contributed by atoms with E-state index in [1.807, 2.05) is 21.0 Å². The second-order valence-electron chi connectivity index (χ2n) is 5.29. The summed E-state index contributed by atoms with van der Waals surface area (Å²) in [6.45, 7) is 1.66. The number of amides is 2. The van der Waals surface area contributed by atoms with Crippen molar-refractivity contribution in [1.82, 2.24) is 9.47 Å². The molecule has 1 aliphatic heterocycles. The van der Waals surface area contributed by atoms with Gasteiger partial charge in [-0.15, -0.1) is 22.7 Å². The average Bonchev–Trinajstić information content (AvgIpc) is 3.27. The first-order chi connectivity index (χ1) is 10.8. The second kappa shape index (κ2) is 5.70. The van der Waals surface area contributed by atoms with Gasteiger partial charge >= 0.3 is 6.03 Å². The van der Waals surface area contributed by atoms with Crippen molar-refractivity contribution >= 4 is 38.8 Å². The van der Waals surface area contributed by atoms with Crippen LogP contribution in [0.25, 0.3) is 15.8 Å². The van der Waals surface area contributed by atoms with Gasteiger partial charge in [0, 0.05) is 35.1 Å². The number of nitrogens with zero attached hydrogens (tertiary/aromatic N) is 3. The number of rotatable bonds is 1. The van der Waals surface area contributed by atoms with Gasteiger partial charge in [-0.3, -0.25) is 4.57 Å². The normalized spacial score (nSPS) is 15.8. The van der Waals surface area contributed by atoms with E-state index in [9.17, 15) is 4.79 Å². The SMILES string of the molecule is O=C(/N=c1\sccn1-c1ccc2sccc2c1)N1CCCC1. The van der Waals surface area contributed by atoms with Crippen LogP contribution >= 0.6 is 22.7 Å². The van der Waals surface area contributed by atoms with Crippen molar-refractivity contribution < 1.29 is 4.79 Å². The highest BCUT2D eigenvalue weighted by atomic mass is 32.1. The molecule has 0 unspecified atom stereocenters. The molecule has 4 nitrogen and oxygen atoms in total. The van der Waals surface area contributed by atoms with Crippen molar-refractivity contribution in [2.24, 2.45) is 4.99 Å². The lowest BCUT2D eigenvalue weighted by atomic mass is 10.2. The zero-order valence-corrected chi connectivity index (χ0v) is 13.6. The van der Waals surface area contributed by atoms with E-state index in [0.29, 0.717) is 0 Å². The summed E-state index contributed by atoms with van der Waals surface area (Å²) >= 11 is 3.22. The number of likely N-dealkylation sites (tertiary alicyclic amines) is 1. The summed E-state index contributed by atoms with van der Waals surface area (Å²) in [6.07, 6.45) is 4.13. The summed E-state index contributed by atoms with van der Waals surface area (Å²) in [7, 11) is 0. The minimum atomic E-state index is -0.120. The van der Waals surface area contributed by atoms with Crippen molar-refractivity contribution in [2.45, 2.75) is 12.8 Å². The van der Waals surface area contributed by atoms with Crippen LogP contribution in [0.15, 0.2) is 46.2 Å². The van der Waals surface area contributed by atoms with E-state index in [-0.39, 0.29) is 6.03 Å². The summed E-state index contributed by atoms with van der Waals surface area (Å²) in [5, 5.41) is 5.28. The highest BCUT2D eigenvalue weighted by molar-refractivity contribution is 7.17. The zero-order chi connectivity index (χ0) is 14.9. The lowest BCUT2D eigenvalue weighted by Gasteiger charge is -2.10. The van der Waals surface area contributed by atoms with Crippen molar-refractivity contribution in [1.29, 1.82) is 0 Å². The Morgan fingerprint density at radius 1 is 1.09 bits per heavy atom. The number of hydrogen-bond donors (Lipinski definition) is 0. The maximum Gasteiger partial charge on any atom is 0.346 e. The summed E-state index contributed by atoms with van der Waals surface area (Å²) in [4.78, 5) is 19.1. The number of thiazole rings is 1. The van der Waals surface area contributed by atoms with E-state index >= 15 is 0 Å². The van der Waals surface area contributed by atoms with E-state index in [0.717, 1.165) is 36.4 Å². The number of carbonyl (C=O) groups excluding carboxylic acids is 1. The fourth-order valence-electron chi connectivity index (χ4n) is 2.71. The van der Waals surface area contributed by atoms with Gasteiger partial charge in [0.05, 0.1) is 0 Å². The van der Waals surface area contributed by atoms with Crippen molar-refractivity contribution in [3.63, 3.8) is 0 Å². The fraction of sp³-hybridized carbons (Fsp3) is 0.250. The van der Waals surface area contributed by atoms with Gasteiger partial charge in [0.2, 0.25) is 0 Å². The van der Waals surface area contributed by atoms with Gasteiger partial charge in [0.25, 0.3) is 0 Å². The topological polar surface area (TPSA) is 37.6 Å². The second-order valence-corrected chi connectivity index (χ2v) is 7.11. The number of aromatic nitrogens is 1. The summed E-state index contributed by atoms with van der Waals surface area (Å²) < 4.78 is 3.25. The van der Waals surface area contributed by atoms with E-state index in [2.05, 4.69) is 34.6 Å².